The lowest BCUT2D eigenvalue weighted by atomic mass is 9.97. The average molecular weight is 357 g/mol. The number of amides is 1. The molecule has 1 aromatic heterocycles. The summed E-state index contributed by atoms with van der Waals surface area (Å²) < 4.78 is 5.96. The molecule has 3 heterocycles. The molecule has 5 heteroatoms. The zero-order valence-corrected chi connectivity index (χ0v) is 15.3. The van der Waals surface area contributed by atoms with Gasteiger partial charge in [-0.25, -0.2) is 0 Å². The maximum Gasteiger partial charge on any atom is 0.258 e. The second-order valence-electron chi connectivity index (χ2n) is 6.94. The molecule has 1 aromatic carbocycles. The molecule has 0 bridgehead atoms. The Labute approximate surface area is 152 Å². The second kappa shape index (κ2) is 6.34. The summed E-state index contributed by atoms with van der Waals surface area (Å²) in [6.45, 7) is 5.28. The van der Waals surface area contributed by atoms with Gasteiger partial charge in [0, 0.05) is 18.4 Å². The number of carbonyl (C=O) groups is 1. The minimum absolute atomic E-state index is 0.0418. The molecule has 1 amide bonds. The number of carbonyl (C=O) groups excluding carboxylic acids is 1. The predicted octanol–water partition coefficient (Wildman–Crippen LogP) is 3.94. The molecular formula is C20H21ClN2O2. The van der Waals surface area contributed by atoms with Crippen LogP contribution in [0.5, 0.6) is 5.75 Å². The van der Waals surface area contributed by atoms with Gasteiger partial charge in [-0.3, -0.25) is 9.78 Å². The molecule has 2 aliphatic rings. The number of hydrogen-bond donors (Lipinski definition) is 0. The van der Waals surface area contributed by atoms with Gasteiger partial charge in [-0.1, -0.05) is 17.7 Å². The van der Waals surface area contributed by atoms with Crippen LogP contribution in [0.4, 0.5) is 0 Å². The summed E-state index contributed by atoms with van der Waals surface area (Å²) in [4.78, 5) is 19.3. The molecule has 25 heavy (non-hydrogen) atoms. The molecule has 0 unspecified atom stereocenters. The van der Waals surface area contributed by atoms with Crippen LogP contribution in [-0.4, -0.2) is 35.0 Å². The average Bonchev–Trinajstić information content (AvgIpc) is 3.03. The monoisotopic (exact) mass is 356 g/mol. The van der Waals surface area contributed by atoms with Crippen LogP contribution >= 0.6 is 11.6 Å². The van der Waals surface area contributed by atoms with E-state index in [1.807, 2.05) is 37.1 Å². The lowest BCUT2D eigenvalue weighted by molar-refractivity contribution is 0.0726. The van der Waals surface area contributed by atoms with E-state index in [2.05, 4.69) is 11.1 Å². The van der Waals surface area contributed by atoms with Gasteiger partial charge in [-0.05, 0) is 61.9 Å². The molecule has 4 nitrogen and oxygen atoms in total. The zero-order chi connectivity index (χ0) is 17.6. The summed E-state index contributed by atoms with van der Waals surface area (Å²) in [5.74, 6) is 0.588. The first-order valence-corrected chi connectivity index (χ1v) is 9.09. The summed E-state index contributed by atoms with van der Waals surface area (Å²) in [7, 11) is 0. The van der Waals surface area contributed by atoms with E-state index in [9.17, 15) is 4.79 Å². The number of aromatic nitrogens is 1. The van der Waals surface area contributed by atoms with Gasteiger partial charge in [0.2, 0.25) is 0 Å². The number of halogens is 1. The topological polar surface area (TPSA) is 42.4 Å². The van der Waals surface area contributed by atoms with E-state index in [-0.39, 0.29) is 11.9 Å². The largest absolute Gasteiger partial charge is 0.489 e. The molecule has 0 N–H and O–H groups in total. The number of aryl methyl sites for hydroxylation is 1. The van der Waals surface area contributed by atoms with Crippen molar-refractivity contribution in [3.05, 3.63) is 57.4 Å². The van der Waals surface area contributed by atoms with E-state index in [4.69, 9.17) is 16.3 Å². The van der Waals surface area contributed by atoms with Crippen molar-refractivity contribution < 1.29 is 9.53 Å². The number of pyridine rings is 1. The quantitative estimate of drug-likeness (QED) is 0.818. The molecule has 0 spiro atoms. The lowest BCUT2D eigenvalue weighted by Gasteiger charge is -2.20. The highest BCUT2D eigenvalue weighted by atomic mass is 35.5. The SMILES string of the molecule is Cc1ccc(Cc2cc3c(c(Cl)c2C)OC[C@H]2CCCN2C3=O)cn1. The second-order valence-corrected chi connectivity index (χ2v) is 7.32. The van der Waals surface area contributed by atoms with Gasteiger partial charge in [0.25, 0.3) is 5.91 Å². The Bertz CT molecular complexity index is 833. The van der Waals surface area contributed by atoms with Crippen LogP contribution in [0.3, 0.4) is 0 Å². The number of rotatable bonds is 2. The molecule has 2 aromatic rings. The fraction of sp³-hybridized carbons (Fsp3) is 0.400. The van der Waals surface area contributed by atoms with Gasteiger partial charge in [0.1, 0.15) is 6.61 Å². The summed E-state index contributed by atoms with van der Waals surface area (Å²) in [6.07, 6.45) is 4.61. The summed E-state index contributed by atoms with van der Waals surface area (Å²) in [5, 5.41) is 0.557. The van der Waals surface area contributed by atoms with Crippen molar-refractivity contribution in [2.45, 2.75) is 39.2 Å². The molecule has 130 valence electrons. The first kappa shape index (κ1) is 16.4. The third kappa shape index (κ3) is 2.89. The fourth-order valence-electron chi connectivity index (χ4n) is 3.69. The van der Waals surface area contributed by atoms with Crippen molar-refractivity contribution in [1.82, 2.24) is 9.88 Å². The van der Waals surface area contributed by atoms with E-state index in [1.54, 1.807) is 0 Å². The van der Waals surface area contributed by atoms with Gasteiger partial charge >= 0.3 is 0 Å². The van der Waals surface area contributed by atoms with Crippen molar-refractivity contribution in [3.63, 3.8) is 0 Å². The highest BCUT2D eigenvalue weighted by Gasteiger charge is 2.35. The third-order valence-corrected chi connectivity index (χ3v) is 5.68. The van der Waals surface area contributed by atoms with Crippen molar-refractivity contribution in [3.8, 4) is 5.75 Å². The van der Waals surface area contributed by atoms with Crippen LogP contribution < -0.4 is 4.74 Å². The molecule has 4 rings (SSSR count). The molecule has 0 aliphatic carbocycles. The van der Waals surface area contributed by atoms with Crippen molar-refractivity contribution >= 4 is 17.5 Å². The predicted molar refractivity (Wildman–Crippen MR) is 97.5 cm³/mol. The first-order chi connectivity index (χ1) is 12.0. The normalized spacial score (nSPS) is 19.2. The van der Waals surface area contributed by atoms with E-state index < -0.39 is 0 Å². The van der Waals surface area contributed by atoms with E-state index >= 15 is 0 Å². The van der Waals surface area contributed by atoms with Gasteiger partial charge in [0.05, 0.1) is 16.6 Å². The highest BCUT2D eigenvalue weighted by molar-refractivity contribution is 6.33. The lowest BCUT2D eigenvalue weighted by Crippen LogP contribution is -2.36. The van der Waals surface area contributed by atoms with Crippen LogP contribution in [0, 0.1) is 13.8 Å². The third-order valence-electron chi connectivity index (χ3n) is 5.23. The molecule has 2 aliphatic heterocycles. The van der Waals surface area contributed by atoms with Gasteiger partial charge < -0.3 is 9.64 Å². The molecule has 1 atom stereocenters. The minimum atomic E-state index is 0.0418. The number of nitrogens with zero attached hydrogens (tertiary/aromatic N) is 2. The Hall–Kier alpha value is -2.07. The van der Waals surface area contributed by atoms with Crippen molar-refractivity contribution in [2.24, 2.45) is 0 Å². The highest BCUT2D eigenvalue weighted by Crippen LogP contribution is 2.39. The summed E-state index contributed by atoms with van der Waals surface area (Å²) in [6, 6.07) is 6.19. The Kier molecular flexibility index (Phi) is 4.16. The maximum absolute atomic E-state index is 13.0. The molecule has 1 saturated heterocycles. The van der Waals surface area contributed by atoms with Crippen LogP contribution in [0.15, 0.2) is 24.4 Å². The zero-order valence-electron chi connectivity index (χ0n) is 14.5. The Morgan fingerprint density at radius 2 is 2.20 bits per heavy atom. The van der Waals surface area contributed by atoms with Gasteiger partial charge in [-0.2, -0.15) is 0 Å². The molecule has 0 radical (unpaired) electrons. The van der Waals surface area contributed by atoms with Crippen LogP contribution in [0.1, 0.15) is 45.6 Å². The Morgan fingerprint density at radius 3 is 2.96 bits per heavy atom. The van der Waals surface area contributed by atoms with Gasteiger partial charge in [-0.15, -0.1) is 0 Å². The van der Waals surface area contributed by atoms with E-state index in [0.717, 1.165) is 41.8 Å². The molecule has 1 fully saturated rings. The standard InChI is InChI=1S/C20H21ClN2O2/c1-12-5-6-14(10-22-12)8-15-9-17-19(18(21)13(15)2)25-11-16-4-3-7-23(16)20(17)24/h5-6,9-10,16H,3-4,7-8,11H2,1-2H3/t16-/m1/s1. The minimum Gasteiger partial charge on any atom is -0.489 e. The first-order valence-electron chi connectivity index (χ1n) is 8.72. The number of ether oxygens (including phenoxy) is 1. The van der Waals surface area contributed by atoms with Crippen molar-refractivity contribution in [1.29, 1.82) is 0 Å². The fourth-order valence-corrected chi connectivity index (χ4v) is 3.97. The smallest absolute Gasteiger partial charge is 0.258 e. The van der Waals surface area contributed by atoms with E-state index in [1.165, 1.54) is 0 Å². The molecule has 0 saturated carbocycles. The van der Waals surface area contributed by atoms with Crippen LogP contribution in [0.25, 0.3) is 0 Å². The number of hydrogen-bond acceptors (Lipinski definition) is 3. The van der Waals surface area contributed by atoms with Crippen molar-refractivity contribution in [2.75, 3.05) is 13.2 Å². The Morgan fingerprint density at radius 1 is 1.36 bits per heavy atom. The van der Waals surface area contributed by atoms with Gasteiger partial charge in [0.15, 0.2) is 5.75 Å². The number of benzene rings is 1. The van der Waals surface area contributed by atoms with E-state index in [0.29, 0.717) is 29.4 Å². The molecular weight excluding hydrogens is 336 g/mol. The van der Waals surface area contributed by atoms with Crippen LogP contribution in [-0.2, 0) is 6.42 Å². The summed E-state index contributed by atoms with van der Waals surface area (Å²) in [5.41, 5.74) is 4.70. The van der Waals surface area contributed by atoms with Crippen LogP contribution in [0.2, 0.25) is 5.02 Å². The summed E-state index contributed by atoms with van der Waals surface area (Å²) >= 11 is 6.59. The Balaban J connectivity index is 1.75. The maximum atomic E-state index is 13.0. The number of fused-ring (bicyclic) bond motifs is 2.